The van der Waals surface area contributed by atoms with E-state index in [9.17, 15) is 0 Å². The summed E-state index contributed by atoms with van der Waals surface area (Å²) in [6.07, 6.45) is 2.46. The number of hydrogen-bond acceptors (Lipinski definition) is 2. The van der Waals surface area contributed by atoms with Crippen molar-refractivity contribution in [2.24, 2.45) is 5.92 Å². The normalized spacial score (nSPS) is 31.0. The summed E-state index contributed by atoms with van der Waals surface area (Å²) in [6.45, 7) is 7.77. The first-order valence-corrected chi connectivity index (χ1v) is 4.84. The van der Waals surface area contributed by atoms with E-state index in [4.69, 9.17) is 4.74 Å². The van der Waals surface area contributed by atoms with Crippen molar-refractivity contribution in [2.45, 2.75) is 45.3 Å². The van der Waals surface area contributed by atoms with Gasteiger partial charge in [-0.3, -0.25) is 0 Å². The van der Waals surface area contributed by atoms with E-state index in [1.54, 1.807) is 7.11 Å². The third-order valence-electron chi connectivity index (χ3n) is 2.99. The molecule has 1 N–H and O–H groups in total. The number of rotatable bonds is 3. The summed E-state index contributed by atoms with van der Waals surface area (Å²) < 4.78 is 5.42. The molecule has 1 rings (SSSR count). The van der Waals surface area contributed by atoms with Crippen molar-refractivity contribution >= 4 is 0 Å². The molecule has 2 atom stereocenters. The SMILES string of the molecule is COC(C)(C)CC1CCNC1C. The largest absolute Gasteiger partial charge is 0.379 e. The molecule has 1 fully saturated rings. The van der Waals surface area contributed by atoms with Gasteiger partial charge >= 0.3 is 0 Å². The van der Waals surface area contributed by atoms with Crippen LogP contribution < -0.4 is 5.32 Å². The van der Waals surface area contributed by atoms with E-state index in [-0.39, 0.29) is 5.60 Å². The van der Waals surface area contributed by atoms with E-state index in [0.29, 0.717) is 6.04 Å². The van der Waals surface area contributed by atoms with Crippen molar-refractivity contribution in [1.82, 2.24) is 5.32 Å². The summed E-state index contributed by atoms with van der Waals surface area (Å²) in [6, 6.07) is 0.666. The van der Waals surface area contributed by atoms with Gasteiger partial charge in [-0.2, -0.15) is 0 Å². The lowest BCUT2D eigenvalue weighted by atomic mass is 9.89. The lowest BCUT2D eigenvalue weighted by molar-refractivity contribution is 0.00116. The fourth-order valence-electron chi connectivity index (χ4n) is 1.91. The van der Waals surface area contributed by atoms with Crippen LogP contribution >= 0.6 is 0 Å². The molecule has 1 aliphatic rings. The van der Waals surface area contributed by atoms with Crippen LogP contribution in [-0.4, -0.2) is 25.3 Å². The van der Waals surface area contributed by atoms with Crippen LogP contribution in [0.5, 0.6) is 0 Å². The van der Waals surface area contributed by atoms with Crippen molar-refractivity contribution in [2.75, 3.05) is 13.7 Å². The van der Waals surface area contributed by atoms with Crippen LogP contribution in [0, 0.1) is 5.92 Å². The van der Waals surface area contributed by atoms with Gasteiger partial charge in [0.1, 0.15) is 0 Å². The highest BCUT2D eigenvalue weighted by molar-refractivity contribution is 4.85. The second-order valence-electron chi connectivity index (χ2n) is 4.46. The van der Waals surface area contributed by atoms with Crippen molar-refractivity contribution in [3.8, 4) is 0 Å². The van der Waals surface area contributed by atoms with Gasteiger partial charge in [0, 0.05) is 13.2 Å². The zero-order chi connectivity index (χ0) is 9.19. The highest BCUT2D eigenvalue weighted by Crippen LogP contribution is 2.27. The van der Waals surface area contributed by atoms with E-state index < -0.39 is 0 Å². The number of hydrogen-bond donors (Lipinski definition) is 1. The molecule has 12 heavy (non-hydrogen) atoms. The summed E-state index contributed by atoms with van der Waals surface area (Å²) in [5, 5.41) is 3.46. The van der Waals surface area contributed by atoms with Crippen molar-refractivity contribution in [3.05, 3.63) is 0 Å². The molecule has 0 saturated carbocycles. The highest BCUT2D eigenvalue weighted by atomic mass is 16.5. The summed E-state index contributed by atoms with van der Waals surface area (Å²) in [5.41, 5.74) is 0.0466. The van der Waals surface area contributed by atoms with Crippen molar-refractivity contribution in [3.63, 3.8) is 0 Å². The van der Waals surface area contributed by atoms with Crippen LogP contribution in [0.1, 0.15) is 33.6 Å². The Hall–Kier alpha value is -0.0800. The first-order valence-electron chi connectivity index (χ1n) is 4.84. The fourth-order valence-corrected chi connectivity index (χ4v) is 1.91. The molecule has 1 aliphatic heterocycles. The third-order valence-corrected chi connectivity index (χ3v) is 2.99. The van der Waals surface area contributed by atoms with Crippen molar-refractivity contribution in [1.29, 1.82) is 0 Å². The molecule has 2 nitrogen and oxygen atoms in total. The maximum atomic E-state index is 5.42. The fraction of sp³-hybridized carbons (Fsp3) is 1.00. The zero-order valence-electron chi connectivity index (χ0n) is 8.68. The predicted molar refractivity (Wildman–Crippen MR) is 51.3 cm³/mol. The topological polar surface area (TPSA) is 21.3 Å². The van der Waals surface area contributed by atoms with Gasteiger partial charge in [0.25, 0.3) is 0 Å². The van der Waals surface area contributed by atoms with E-state index >= 15 is 0 Å². The second kappa shape index (κ2) is 3.75. The average Bonchev–Trinajstić information content (AvgIpc) is 2.36. The Balaban J connectivity index is 2.39. The summed E-state index contributed by atoms with van der Waals surface area (Å²) in [5.74, 6) is 0.792. The quantitative estimate of drug-likeness (QED) is 0.699. The zero-order valence-corrected chi connectivity index (χ0v) is 8.68. The van der Waals surface area contributed by atoms with E-state index in [2.05, 4.69) is 26.1 Å². The van der Waals surface area contributed by atoms with Crippen molar-refractivity contribution < 1.29 is 4.74 Å². The minimum atomic E-state index is 0.0466. The maximum absolute atomic E-state index is 5.42. The lowest BCUT2D eigenvalue weighted by Crippen LogP contribution is -2.31. The van der Waals surface area contributed by atoms with Crippen LogP contribution in [0.2, 0.25) is 0 Å². The Bertz CT molecular complexity index is 145. The molecule has 2 heteroatoms. The monoisotopic (exact) mass is 171 g/mol. The summed E-state index contributed by atoms with van der Waals surface area (Å²) in [7, 11) is 1.80. The van der Waals surface area contributed by atoms with Gasteiger partial charge < -0.3 is 10.1 Å². The Labute approximate surface area is 75.7 Å². The number of ether oxygens (including phenoxy) is 1. The molecule has 0 aromatic heterocycles. The smallest absolute Gasteiger partial charge is 0.0626 e. The first kappa shape index (κ1) is 10.0. The Kier molecular flexibility index (Phi) is 3.13. The molecule has 0 aliphatic carbocycles. The van der Waals surface area contributed by atoms with E-state index in [1.165, 1.54) is 13.0 Å². The second-order valence-corrected chi connectivity index (χ2v) is 4.46. The van der Waals surface area contributed by atoms with Crippen LogP contribution in [0.4, 0.5) is 0 Å². The van der Waals surface area contributed by atoms with E-state index in [0.717, 1.165) is 12.3 Å². The van der Waals surface area contributed by atoms with Gasteiger partial charge in [-0.15, -0.1) is 0 Å². The van der Waals surface area contributed by atoms with Crippen LogP contribution in [0.3, 0.4) is 0 Å². The van der Waals surface area contributed by atoms with Gasteiger partial charge in [0.2, 0.25) is 0 Å². The molecule has 0 bridgehead atoms. The van der Waals surface area contributed by atoms with Crippen LogP contribution in [0.25, 0.3) is 0 Å². The molecular formula is C10H21NO. The molecule has 0 radical (unpaired) electrons. The van der Waals surface area contributed by atoms with Crippen LogP contribution in [-0.2, 0) is 4.74 Å². The molecule has 1 heterocycles. The van der Waals surface area contributed by atoms with Gasteiger partial charge in [-0.05, 0) is 46.1 Å². The molecule has 0 aromatic carbocycles. The summed E-state index contributed by atoms with van der Waals surface area (Å²) >= 11 is 0. The molecule has 0 amide bonds. The van der Waals surface area contributed by atoms with Gasteiger partial charge in [-0.25, -0.2) is 0 Å². The maximum Gasteiger partial charge on any atom is 0.0626 e. The van der Waals surface area contributed by atoms with E-state index in [1.807, 2.05) is 0 Å². The van der Waals surface area contributed by atoms with Gasteiger partial charge in [0.05, 0.1) is 5.60 Å². The van der Waals surface area contributed by atoms with Gasteiger partial charge in [0.15, 0.2) is 0 Å². The van der Waals surface area contributed by atoms with Crippen LogP contribution in [0.15, 0.2) is 0 Å². The predicted octanol–water partition coefficient (Wildman–Crippen LogP) is 1.80. The number of nitrogens with one attached hydrogen (secondary N) is 1. The Morgan fingerprint density at radius 1 is 1.50 bits per heavy atom. The molecule has 1 saturated heterocycles. The Morgan fingerprint density at radius 2 is 2.17 bits per heavy atom. The molecule has 2 unspecified atom stereocenters. The minimum Gasteiger partial charge on any atom is -0.379 e. The standard InChI is InChI=1S/C10H21NO/c1-8-9(5-6-11-8)7-10(2,3)12-4/h8-9,11H,5-7H2,1-4H3. The average molecular weight is 171 g/mol. The Morgan fingerprint density at radius 3 is 2.58 bits per heavy atom. The summed E-state index contributed by atoms with van der Waals surface area (Å²) in [4.78, 5) is 0. The first-order chi connectivity index (χ1) is 5.55. The molecule has 0 spiro atoms. The minimum absolute atomic E-state index is 0.0466. The lowest BCUT2D eigenvalue weighted by Gasteiger charge is -2.28. The molecule has 0 aromatic rings. The molecular weight excluding hydrogens is 150 g/mol. The molecule has 72 valence electrons. The number of methoxy groups -OCH3 is 1. The van der Waals surface area contributed by atoms with Gasteiger partial charge in [-0.1, -0.05) is 0 Å². The highest BCUT2D eigenvalue weighted by Gasteiger charge is 2.29. The third kappa shape index (κ3) is 2.46.